The van der Waals surface area contributed by atoms with E-state index in [0.717, 1.165) is 30.4 Å². The topological polar surface area (TPSA) is 193 Å². The predicted molar refractivity (Wildman–Crippen MR) is 260 cm³/mol. The number of carbonyl (C=O) groups is 3. The monoisotopic (exact) mass is 938 g/mol. The average molecular weight is 939 g/mol. The number of phenolic OH excluding ortho intramolecular Hbond substituents is 1. The van der Waals surface area contributed by atoms with Crippen molar-refractivity contribution in [3.63, 3.8) is 0 Å². The minimum atomic E-state index is -2.01. The van der Waals surface area contributed by atoms with Crippen molar-refractivity contribution in [2.45, 2.75) is 125 Å². The van der Waals surface area contributed by atoms with E-state index in [0.29, 0.717) is 17.3 Å². The van der Waals surface area contributed by atoms with E-state index in [1.54, 1.807) is 49.4 Å². The maximum absolute atomic E-state index is 14.8. The second-order valence-corrected chi connectivity index (χ2v) is 20.1. The molecule has 4 aromatic rings. The summed E-state index contributed by atoms with van der Waals surface area (Å²) in [6.45, 7) is 21.9. The van der Waals surface area contributed by atoms with Crippen molar-refractivity contribution in [3.05, 3.63) is 75.7 Å². The zero-order chi connectivity index (χ0) is 49.7. The van der Waals surface area contributed by atoms with Gasteiger partial charge in [0, 0.05) is 68.2 Å². The number of hydrogen-bond donors (Lipinski definition) is 3. The summed E-state index contributed by atoms with van der Waals surface area (Å²) in [5.41, 5.74) is -0.171. The number of aliphatic hydroxyl groups excluding tert-OH is 1. The van der Waals surface area contributed by atoms with Crippen LogP contribution in [0.3, 0.4) is 0 Å². The van der Waals surface area contributed by atoms with Crippen molar-refractivity contribution < 1.29 is 57.2 Å². The number of aromatic hydroxyl groups is 1. The average Bonchev–Trinajstić information content (AvgIpc) is 3.57. The maximum atomic E-state index is 14.8. The number of benzene rings is 3. The number of fused-ring (bicyclic) bond motifs is 2. The van der Waals surface area contributed by atoms with Crippen molar-refractivity contribution in [1.29, 1.82) is 0 Å². The lowest BCUT2D eigenvalue weighted by molar-refractivity contribution is -0.934. The number of hydrogen-bond acceptors (Lipinski definition) is 13. The van der Waals surface area contributed by atoms with Gasteiger partial charge in [0.1, 0.15) is 40.4 Å². The Morgan fingerprint density at radius 3 is 2.32 bits per heavy atom. The number of aromatic nitrogens is 1. The number of nitrogens with one attached hydrogen (secondary N) is 1. The molecule has 1 amide bonds. The summed E-state index contributed by atoms with van der Waals surface area (Å²) < 4.78 is 38.3. The number of esters is 1. The minimum absolute atomic E-state index is 0.0124. The first-order valence-corrected chi connectivity index (χ1v) is 23.7. The Hall–Kier alpha value is -5.77. The number of ether oxygens (including phenoxy) is 5. The SMILES string of the molecule is CO[C@H]1/C=C/O[C@@]2(C)Oc3c(C)c(=O)c4c(O)c(c5oc6cc(OC7CC[N+](C)(C(C)C)CC7)ccc6nc5c4c3C2=O)NC(=O)/C(C)=C\C=C\[C@H](C)[C@H](O)[C@@H](C)[C@@H](C)[C@@H](C)[C@H](OC(C)=O)[C@@H]1C. The fourth-order valence-corrected chi connectivity index (χ4v) is 10.0. The molecular weight excluding hydrogens is 871 g/mol. The van der Waals surface area contributed by atoms with E-state index in [9.17, 15) is 29.4 Å². The number of rotatable bonds is 5. The van der Waals surface area contributed by atoms with Crippen molar-refractivity contribution in [1.82, 2.24) is 4.98 Å². The molecule has 4 bridgehead atoms. The van der Waals surface area contributed by atoms with Crippen LogP contribution in [-0.2, 0) is 23.8 Å². The molecule has 4 heterocycles. The fourth-order valence-electron chi connectivity index (χ4n) is 10.0. The number of quaternary nitrogens is 1. The lowest BCUT2D eigenvalue weighted by atomic mass is 9.73. The Balaban J connectivity index is 1.40. The van der Waals surface area contributed by atoms with E-state index >= 15 is 0 Å². The van der Waals surface area contributed by atoms with Crippen molar-refractivity contribution >= 4 is 56.3 Å². The van der Waals surface area contributed by atoms with Gasteiger partial charge in [-0.1, -0.05) is 52.8 Å². The number of anilines is 1. The number of piperidine rings is 1. The van der Waals surface area contributed by atoms with Gasteiger partial charge in [0.05, 0.1) is 55.6 Å². The summed E-state index contributed by atoms with van der Waals surface area (Å²) in [4.78, 5) is 60.9. The van der Waals surface area contributed by atoms with Crippen LogP contribution in [0.15, 0.2) is 63.6 Å². The molecule has 7 rings (SSSR count). The van der Waals surface area contributed by atoms with E-state index in [2.05, 4.69) is 26.2 Å². The Morgan fingerprint density at radius 2 is 1.68 bits per heavy atom. The van der Waals surface area contributed by atoms with Crippen molar-refractivity contribution in [2.75, 3.05) is 32.6 Å². The molecule has 0 saturated carbocycles. The highest BCUT2D eigenvalue weighted by Crippen LogP contribution is 2.48. The van der Waals surface area contributed by atoms with Crippen LogP contribution in [0.25, 0.3) is 33.0 Å². The molecule has 0 aliphatic carbocycles. The van der Waals surface area contributed by atoms with Gasteiger partial charge in [0.15, 0.2) is 22.3 Å². The van der Waals surface area contributed by atoms with Crippen LogP contribution >= 0.6 is 0 Å². The molecule has 3 N–H and O–H groups in total. The molecule has 68 heavy (non-hydrogen) atoms. The van der Waals surface area contributed by atoms with E-state index in [4.69, 9.17) is 33.1 Å². The highest BCUT2D eigenvalue weighted by Gasteiger charge is 2.50. The number of nitrogens with zero attached hydrogens (tertiary/aromatic N) is 2. The molecule has 0 unspecified atom stereocenters. The number of phenols is 1. The zero-order valence-corrected chi connectivity index (χ0v) is 41.6. The number of Topliss-reactive ketones (excluding diaryl/α,β-unsaturated/α-hetero) is 1. The summed E-state index contributed by atoms with van der Waals surface area (Å²) in [7, 11) is 3.78. The predicted octanol–water partition coefficient (Wildman–Crippen LogP) is 8.67. The molecule has 3 aromatic carbocycles. The van der Waals surface area contributed by atoms with Crippen LogP contribution < -0.4 is 20.2 Å². The molecule has 15 heteroatoms. The highest BCUT2D eigenvalue weighted by atomic mass is 16.7. The minimum Gasteiger partial charge on any atom is -0.505 e. The quantitative estimate of drug-likeness (QED) is 0.0567. The van der Waals surface area contributed by atoms with Crippen molar-refractivity contribution in [2.24, 2.45) is 29.6 Å². The zero-order valence-electron chi connectivity index (χ0n) is 41.6. The Kier molecular flexibility index (Phi) is 14.2. The highest BCUT2D eigenvalue weighted by molar-refractivity contribution is 6.26. The number of allylic oxidation sites excluding steroid dienone is 2. The fraction of sp³-hybridized carbons (Fsp3) is 0.528. The van der Waals surface area contributed by atoms with E-state index in [1.807, 2.05) is 34.6 Å². The summed E-state index contributed by atoms with van der Waals surface area (Å²) in [5.74, 6) is -5.34. The molecule has 0 radical (unpaired) electrons. The van der Waals surface area contributed by atoms with E-state index in [1.165, 1.54) is 34.1 Å². The maximum Gasteiger partial charge on any atom is 0.312 e. The third-order valence-corrected chi connectivity index (χ3v) is 15.4. The second-order valence-electron chi connectivity index (χ2n) is 20.1. The first kappa shape index (κ1) is 50.1. The number of likely N-dealkylation sites (tertiary alicyclic amines) is 1. The van der Waals surface area contributed by atoms with Gasteiger partial charge in [0.25, 0.3) is 11.7 Å². The molecule has 15 nitrogen and oxygen atoms in total. The van der Waals surface area contributed by atoms with Gasteiger partial charge in [-0.2, -0.15) is 0 Å². The van der Waals surface area contributed by atoms with Crippen LogP contribution in [0.1, 0.15) is 98.0 Å². The molecule has 366 valence electrons. The summed E-state index contributed by atoms with van der Waals surface area (Å²) in [5, 5.41) is 26.3. The third kappa shape index (κ3) is 9.24. The lowest BCUT2D eigenvalue weighted by Crippen LogP contribution is -2.55. The smallest absolute Gasteiger partial charge is 0.312 e. The van der Waals surface area contributed by atoms with E-state index < -0.39 is 58.9 Å². The Labute approximate surface area is 397 Å². The Bertz CT molecular complexity index is 2780. The largest absolute Gasteiger partial charge is 0.505 e. The van der Waals surface area contributed by atoms with Gasteiger partial charge in [-0.3, -0.25) is 19.2 Å². The van der Waals surface area contributed by atoms with Gasteiger partial charge in [0.2, 0.25) is 0 Å². The lowest BCUT2D eigenvalue weighted by Gasteiger charge is -2.43. The molecular formula is C53H68N3O12+. The van der Waals surface area contributed by atoms with Crippen LogP contribution in [0.2, 0.25) is 0 Å². The van der Waals surface area contributed by atoms with E-state index in [-0.39, 0.29) is 85.4 Å². The van der Waals surface area contributed by atoms with Gasteiger partial charge >= 0.3 is 11.8 Å². The molecule has 1 fully saturated rings. The van der Waals surface area contributed by atoms with Gasteiger partial charge in [-0.05, 0) is 63.7 Å². The van der Waals surface area contributed by atoms with Gasteiger partial charge in [-0.25, -0.2) is 4.98 Å². The van der Waals surface area contributed by atoms with Gasteiger partial charge < -0.3 is 48.1 Å². The van der Waals surface area contributed by atoms with Gasteiger partial charge in [-0.15, -0.1) is 0 Å². The molecule has 1 aromatic heterocycles. The first-order valence-electron chi connectivity index (χ1n) is 23.7. The number of methoxy groups -OCH3 is 1. The standard InChI is InChI=1S/C53H67N3O12/c1-26(2)56(12)22-19-35(20-23-56)66-36-17-18-37-39(25-36)67-50-43(54-37)40-41-46(59)33(9)49-42(40)51(61)53(11,68-49)64-24-21-38(63-13)32(8)48(65-34(10)57)31(7)29(5)30(6)45(58)27(3)15-14-16-28(4)52(62)55-44(50)47(41)60/h14-18,21,24-27,29-32,35,38,45,48,58H,19-20,22-23H2,1-13H3,(H-,54,55,59,60,61,62)/p+1/b15-14+,24-21+,28-16-/t27-,29+,30-,31+,32+,35?,38-,45-,48-,53-,56?/m0/s1. The second kappa shape index (κ2) is 19.3. The number of carbonyl (C=O) groups excluding carboxylic acids is 3. The van der Waals surface area contributed by atoms with Crippen LogP contribution in [0, 0.1) is 36.5 Å². The van der Waals surface area contributed by atoms with Crippen LogP contribution in [0.5, 0.6) is 17.2 Å². The molecule has 0 spiro atoms. The van der Waals surface area contributed by atoms with Crippen molar-refractivity contribution in [3.8, 4) is 17.2 Å². The molecule has 3 aliphatic heterocycles. The number of ketones is 1. The molecule has 9 atom stereocenters. The third-order valence-electron chi connectivity index (χ3n) is 15.4. The normalized spacial score (nSPS) is 32.4. The summed E-state index contributed by atoms with van der Waals surface area (Å²) >= 11 is 0. The summed E-state index contributed by atoms with van der Waals surface area (Å²) in [6.07, 6.45) is 7.53. The number of aliphatic hydroxyl groups is 1. The van der Waals surface area contributed by atoms with Crippen LogP contribution in [0.4, 0.5) is 5.69 Å². The Morgan fingerprint density at radius 1 is 0.985 bits per heavy atom. The molecule has 3 aliphatic rings. The summed E-state index contributed by atoms with van der Waals surface area (Å²) in [6, 6.07) is 5.72. The molecule has 1 saturated heterocycles. The number of amides is 1. The first-order chi connectivity index (χ1) is 32.0. The van der Waals surface area contributed by atoms with Crippen LogP contribution in [-0.4, -0.2) is 101 Å².